The third kappa shape index (κ3) is 2.51. The SMILES string of the molecule is O=C(NCC1(CCO)CC1)c1nc[nH]c1C(=O)O. The molecule has 4 N–H and O–H groups in total. The number of hydrogen-bond acceptors (Lipinski definition) is 4. The Bertz CT molecular complexity index is 465. The molecule has 2 rings (SSSR count). The fraction of sp³-hybridized carbons (Fsp3) is 0.545. The number of aromatic nitrogens is 2. The molecule has 0 bridgehead atoms. The molecule has 1 aromatic rings. The maximum Gasteiger partial charge on any atom is 0.354 e. The van der Waals surface area contributed by atoms with Crippen molar-refractivity contribution in [3.63, 3.8) is 0 Å². The van der Waals surface area contributed by atoms with Gasteiger partial charge in [-0.1, -0.05) is 0 Å². The van der Waals surface area contributed by atoms with E-state index in [0.717, 1.165) is 12.8 Å². The molecule has 1 aliphatic carbocycles. The Labute approximate surface area is 103 Å². The van der Waals surface area contributed by atoms with Gasteiger partial charge in [-0.05, 0) is 24.7 Å². The van der Waals surface area contributed by atoms with E-state index in [0.29, 0.717) is 13.0 Å². The highest BCUT2D eigenvalue weighted by Crippen LogP contribution is 2.47. The molecule has 7 nitrogen and oxygen atoms in total. The predicted molar refractivity (Wildman–Crippen MR) is 61.3 cm³/mol. The number of nitrogens with one attached hydrogen (secondary N) is 2. The number of amides is 1. The molecule has 1 aromatic heterocycles. The summed E-state index contributed by atoms with van der Waals surface area (Å²) < 4.78 is 0. The lowest BCUT2D eigenvalue weighted by molar-refractivity contribution is 0.0684. The van der Waals surface area contributed by atoms with Crippen LogP contribution in [0, 0.1) is 5.41 Å². The third-order valence-corrected chi connectivity index (χ3v) is 3.29. The van der Waals surface area contributed by atoms with E-state index in [1.807, 2.05) is 0 Å². The van der Waals surface area contributed by atoms with Crippen LogP contribution in [0.25, 0.3) is 0 Å². The second kappa shape index (κ2) is 4.77. The van der Waals surface area contributed by atoms with Gasteiger partial charge in [0.1, 0.15) is 0 Å². The van der Waals surface area contributed by atoms with Crippen molar-refractivity contribution in [1.82, 2.24) is 15.3 Å². The first-order valence-corrected chi connectivity index (χ1v) is 5.74. The second-order valence-corrected chi connectivity index (χ2v) is 4.59. The van der Waals surface area contributed by atoms with Crippen LogP contribution in [-0.2, 0) is 0 Å². The fourth-order valence-electron chi connectivity index (χ4n) is 1.91. The molecule has 0 radical (unpaired) electrons. The Kier molecular flexibility index (Phi) is 3.33. The van der Waals surface area contributed by atoms with Crippen LogP contribution in [0.1, 0.15) is 40.2 Å². The van der Waals surface area contributed by atoms with Gasteiger partial charge in [0.25, 0.3) is 5.91 Å². The molecule has 1 fully saturated rings. The number of aromatic amines is 1. The van der Waals surface area contributed by atoms with Crippen molar-refractivity contribution >= 4 is 11.9 Å². The lowest BCUT2D eigenvalue weighted by atomic mass is 10.0. The third-order valence-electron chi connectivity index (χ3n) is 3.29. The van der Waals surface area contributed by atoms with Crippen LogP contribution < -0.4 is 5.32 Å². The summed E-state index contributed by atoms with van der Waals surface area (Å²) in [6.45, 7) is 0.539. The molecule has 0 saturated heterocycles. The largest absolute Gasteiger partial charge is 0.477 e. The molecular formula is C11H15N3O4. The molecule has 0 unspecified atom stereocenters. The standard InChI is InChI=1S/C11H15N3O4/c15-4-3-11(1-2-11)5-12-9(16)7-8(10(17)18)14-6-13-7/h6,15H,1-5H2,(H,12,16)(H,13,14)(H,17,18). The van der Waals surface area contributed by atoms with E-state index in [2.05, 4.69) is 15.3 Å². The summed E-state index contributed by atoms with van der Waals surface area (Å²) in [6, 6.07) is 0. The quantitative estimate of drug-likeness (QED) is 0.569. The minimum absolute atomic E-state index is 0.00982. The van der Waals surface area contributed by atoms with E-state index in [9.17, 15) is 9.59 Å². The molecule has 18 heavy (non-hydrogen) atoms. The highest BCUT2D eigenvalue weighted by atomic mass is 16.4. The zero-order valence-corrected chi connectivity index (χ0v) is 9.77. The van der Waals surface area contributed by atoms with Crippen molar-refractivity contribution in [2.24, 2.45) is 5.41 Å². The Hall–Kier alpha value is -1.89. The normalized spacial score (nSPS) is 16.3. The van der Waals surface area contributed by atoms with Gasteiger partial charge < -0.3 is 20.5 Å². The predicted octanol–water partition coefficient (Wildman–Crippen LogP) is 0.000300. The Morgan fingerprint density at radius 1 is 1.50 bits per heavy atom. The van der Waals surface area contributed by atoms with E-state index in [4.69, 9.17) is 10.2 Å². The van der Waals surface area contributed by atoms with Crippen molar-refractivity contribution in [2.45, 2.75) is 19.3 Å². The highest BCUT2D eigenvalue weighted by molar-refractivity contribution is 6.02. The van der Waals surface area contributed by atoms with Crippen LogP contribution in [0.2, 0.25) is 0 Å². The van der Waals surface area contributed by atoms with Gasteiger partial charge in [0, 0.05) is 13.2 Å². The molecule has 0 spiro atoms. The van der Waals surface area contributed by atoms with Gasteiger partial charge in [-0.2, -0.15) is 0 Å². The number of carbonyl (C=O) groups is 2. The maximum atomic E-state index is 11.8. The summed E-state index contributed by atoms with van der Waals surface area (Å²) in [5.41, 5.74) is -0.328. The summed E-state index contributed by atoms with van der Waals surface area (Å²) in [5, 5.41) is 20.4. The molecule has 0 aromatic carbocycles. The fourth-order valence-corrected chi connectivity index (χ4v) is 1.91. The maximum absolute atomic E-state index is 11.8. The van der Waals surface area contributed by atoms with Crippen molar-refractivity contribution in [3.05, 3.63) is 17.7 Å². The Morgan fingerprint density at radius 2 is 2.22 bits per heavy atom. The van der Waals surface area contributed by atoms with Gasteiger partial charge in [-0.15, -0.1) is 0 Å². The number of rotatable bonds is 6. The average molecular weight is 253 g/mol. The van der Waals surface area contributed by atoms with E-state index >= 15 is 0 Å². The molecule has 0 atom stereocenters. The van der Waals surface area contributed by atoms with Crippen LogP contribution >= 0.6 is 0 Å². The number of imidazole rings is 1. The number of aromatic carboxylic acids is 1. The van der Waals surface area contributed by atoms with Gasteiger partial charge in [-0.3, -0.25) is 4.79 Å². The second-order valence-electron chi connectivity index (χ2n) is 4.59. The molecule has 0 aliphatic heterocycles. The first kappa shape index (κ1) is 12.6. The van der Waals surface area contributed by atoms with Crippen LogP contribution in [0.15, 0.2) is 6.33 Å². The summed E-state index contributed by atoms with van der Waals surface area (Å²) >= 11 is 0. The smallest absolute Gasteiger partial charge is 0.354 e. The lowest BCUT2D eigenvalue weighted by Crippen LogP contribution is -2.32. The number of nitrogens with zero attached hydrogens (tertiary/aromatic N) is 1. The first-order chi connectivity index (χ1) is 8.58. The topological polar surface area (TPSA) is 115 Å². The van der Waals surface area contributed by atoms with Gasteiger partial charge in [0.05, 0.1) is 6.33 Å². The number of aliphatic hydroxyl groups excluding tert-OH is 1. The van der Waals surface area contributed by atoms with Gasteiger partial charge in [0.2, 0.25) is 0 Å². The van der Waals surface area contributed by atoms with Crippen molar-refractivity contribution in [2.75, 3.05) is 13.2 Å². The summed E-state index contributed by atoms with van der Waals surface area (Å²) in [5.74, 6) is -1.72. The summed E-state index contributed by atoms with van der Waals surface area (Å²) in [4.78, 5) is 28.7. The van der Waals surface area contributed by atoms with E-state index in [1.54, 1.807) is 0 Å². The molecule has 1 aliphatic rings. The lowest BCUT2D eigenvalue weighted by Gasteiger charge is -2.13. The molecule has 7 heteroatoms. The summed E-state index contributed by atoms with van der Waals surface area (Å²) in [6.07, 6.45) is 3.78. The van der Waals surface area contributed by atoms with Gasteiger partial charge in [0.15, 0.2) is 11.4 Å². The molecular weight excluding hydrogens is 238 g/mol. The van der Waals surface area contributed by atoms with Crippen LogP contribution in [0.3, 0.4) is 0 Å². The van der Waals surface area contributed by atoms with Gasteiger partial charge >= 0.3 is 5.97 Å². The number of carboxylic acids is 1. The number of aliphatic hydroxyl groups is 1. The Balaban J connectivity index is 1.96. The van der Waals surface area contributed by atoms with Crippen LogP contribution in [-0.4, -0.2) is 45.2 Å². The molecule has 1 saturated carbocycles. The average Bonchev–Trinajstić information content (AvgIpc) is 2.92. The van der Waals surface area contributed by atoms with E-state index in [-0.39, 0.29) is 23.4 Å². The Morgan fingerprint density at radius 3 is 2.78 bits per heavy atom. The minimum atomic E-state index is -1.21. The zero-order valence-electron chi connectivity index (χ0n) is 9.77. The van der Waals surface area contributed by atoms with Crippen molar-refractivity contribution < 1.29 is 19.8 Å². The first-order valence-electron chi connectivity index (χ1n) is 5.74. The number of hydrogen-bond donors (Lipinski definition) is 4. The van der Waals surface area contributed by atoms with Crippen molar-refractivity contribution in [1.29, 1.82) is 0 Å². The summed E-state index contributed by atoms with van der Waals surface area (Å²) in [7, 11) is 0. The molecule has 98 valence electrons. The van der Waals surface area contributed by atoms with Gasteiger partial charge in [-0.25, -0.2) is 9.78 Å². The number of H-pyrrole nitrogens is 1. The van der Waals surface area contributed by atoms with E-state index < -0.39 is 11.9 Å². The van der Waals surface area contributed by atoms with Crippen molar-refractivity contribution in [3.8, 4) is 0 Å². The number of carbonyl (C=O) groups excluding carboxylic acids is 1. The minimum Gasteiger partial charge on any atom is -0.477 e. The molecule has 1 heterocycles. The van der Waals surface area contributed by atoms with E-state index in [1.165, 1.54) is 6.33 Å². The molecule has 1 amide bonds. The zero-order chi connectivity index (χ0) is 13.2. The monoisotopic (exact) mass is 253 g/mol. The highest BCUT2D eigenvalue weighted by Gasteiger charge is 2.42. The number of carboxylic acid groups (broad SMARTS) is 1. The van der Waals surface area contributed by atoms with Crippen LogP contribution in [0.4, 0.5) is 0 Å². The van der Waals surface area contributed by atoms with Crippen LogP contribution in [0.5, 0.6) is 0 Å².